The first kappa shape index (κ1) is 16.7. The zero-order valence-corrected chi connectivity index (χ0v) is 11.9. The smallest absolute Gasteiger partial charge is 0.224 e. The fourth-order valence-electron chi connectivity index (χ4n) is 1.55. The molecule has 1 rings (SSSR count). The van der Waals surface area contributed by atoms with E-state index in [1.807, 2.05) is 0 Å². The Morgan fingerprint density at radius 3 is 2.35 bits per heavy atom. The zero-order chi connectivity index (χ0) is 12.3. The van der Waals surface area contributed by atoms with E-state index < -0.39 is 9.84 Å². The quantitative estimate of drug-likeness (QED) is 0.755. The number of carbonyl (C=O) groups excluding carboxylic acids is 1. The van der Waals surface area contributed by atoms with Crippen LogP contribution in [0.15, 0.2) is 0 Å². The van der Waals surface area contributed by atoms with Gasteiger partial charge in [-0.3, -0.25) is 4.79 Å². The predicted octanol–water partition coefficient (Wildman–Crippen LogP) is 0.181. The van der Waals surface area contributed by atoms with Gasteiger partial charge in [-0.25, -0.2) is 8.42 Å². The Hall–Kier alpha value is -0.330. The second kappa shape index (κ2) is 6.56. The van der Waals surface area contributed by atoms with Gasteiger partial charge in [0, 0.05) is 31.3 Å². The Labute approximate surface area is 109 Å². The van der Waals surface area contributed by atoms with Crippen LogP contribution in [-0.4, -0.2) is 49.9 Å². The summed E-state index contributed by atoms with van der Waals surface area (Å²) < 4.78 is 22.1. The first-order chi connectivity index (χ1) is 7.29. The number of amides is 1. The highest BCUT2D eigenvalue weighted by atomic mass is 35.5. The lowest BCUT2D eigenvalue weighted by Gasteiger charge is -2.22. The van der Waals surface area contributed by atoms with Crippen LogP contribution in [0, 0.1) is 0 Å². The van der Waals surface area contributed by atoms with Crippen molar-refractivity contribution in [3.8, 4) is 0 Å². The van der Waals surface area contributed by atoms with Crippen LogP contribution in [-0.2, 0) is 14.6 Å². The largest absolute Gasteiger partial charge is 0.339 e. The molecule has 2 N–H and O–H groups in total. The summed E-state index contributed by atoms with van der Waals surface area (Å²) in [7, 11) is -3.01. The van der Waals surface area contributed by atoms with Gasteiger partial charge in [-0.2, -0.15) is 0 Å². The second-order valence-corrected chi connectivity index (χ2v) is 6.89. The Balaban J connectivity index is 0.00000256. The molecule has 0 spiro atoms. The van der Waals surface area contributed by atoms with Crippen molar-refractivity contribution in [2.24, 2.45) is 5.73 Å². The van der Waals surface area contributed by atoms with Gasteiger partial charge < -0.3 is 10.6 Å². The predicted molar refractivity (Wildman–Crippen MR) is 70.0 cm³/mol. The maximum Gasteiger partial charge on any atom is 0.224 e. The monoisotopic (exact) mass is 284 g/mol. The molecule has 1 fully saturated rings. The lowest BCUT2D eigenvalue weighted by Crippen LogP contribution is -2.39. The minimum Gasteiger partial charge on any atom is -0.339 e. The Morgan fingerprint density at radius 1 is 1.47 bits per heavy atom. The summed E-state index contributed by atoms with van der Waals surface area (Å²) in [5.74, 6) is 0.00919. The van der Waals surface area contributed by atoms with Crippen molar-refractivity contribution in [2.75, 3.05) is 18.6 Å². The molecule has 0 bridgehead atoms. The number of nitrogens with two attached hydrogens (primary N) is 1. The first-order valence-electron chi connectivity index (χ1n) is 5.52. The summed E-state index contributed by atoms with van der Waals surface area (Å²) in [6.45, 7) is 2.08. The molecule has 5 nitrogen and oxygen atoms in total. The molecule has 7 heteroatoms. The molecule has 1 unspecified atom stereocenters. The normalized spacial score (nSPS) is 17.1. The first-order valence-corrected chi connectivity index (χ1v) is 7.58. The van der Waals surface area contributed by atoms with Gasteiger partial charge in [0.2, 0.25) is 5.91 Å². The summed E-state index contributed by atoms with van der Waals surface area (Å²) >= 11 is 0. The summed E-state index contributed by atoms with van der Waals surface area (Å²) in [5, 5.41) is 0. The van der Waals surface area contributed by atoms with Crippen molar-refractivity contribution in [1.82, 2.24) is 4.90 Å². The maximum atomic E-state index is 11.8. The average Bonchev–Trinajstić information content (AvgIpc) is 2.84. The number of sulfone groups is 1. The number of halogens is 1. The summed E-state index contributed by atoms with van der Waals surface area (Å²) in [5.41, 5.74) is 5.57. The lowest BCUT2D eigenvalue weighted by atomic mass is 10.2. The zero-order valence-electron chi connectivity index (χ0n) is 10.3. The van der Waals surface area contributed by atoms with Crippen molar-refractivity contribution < 1.29 is 13.2 Å². The van der Waals surface area contributed by atoms with Crippen LogP contribution in [0.2, 0.25) is 0 Å². The highest BCUT2D eigenvalue weighted by Crippen LogP contribution is 2.27. The average molecular weight is 285 g/mol. The van der Waals surface area contributed by atoms with Crippen molar-refractivity contribution in [1.29, 1.82) is 0 Å². The molecule has 1 atom stereocenters. The van der Waals surface area contributed by atoms with Crippen molar-refractivity contribution in [3.05, 3.63) is 0 Å². The molecular weight excluding hydrogens is 264 g/mol. The van der Waals surface area contributed by atoms with E-state index in [1.165, 1.54) is 6.26 Å². The molecule has 0 aromatic heterocycles. The standard InChI is InChI=1S/C10H20N2O3S.ClH/c1-8(11)7-10(13)12(9-3-4-9)5-6-16(2,14)15;/h8-9H,3-7,11H2,1-2H3;1H. The summed E-state index contributed by atoms with van der Waals surface area (Å²) in [6.07, 6.45) is 3.44. The molecule has 1 amide bonds. The van der Waals surface area contributed by atoms with E-state index in [4.69, 9.17) is 5.73 Å². The number of hydrogen-bond donors (Lipinski definition) is 1. The molecule has 0 heterocycles. The minimum atomic E-state index is -3.01. The number of nitrogens with zero attached hydrogens (tertiary/aromatic N) is 1. The second-order valence-electron chi connectivity index (χ2n) is 4.63. The van der Waals surface area contributed by atoms with Gasteiger partial charge in [0.1, 0.15) is 9.84 Å². The van der Waals surface area contributed by atoms with E-state index in [0.717, 1.165) is 12.8 Å². The van der Waals surface area contributed by atoms with Crippen LogP contribution in [0.4, 0.5) is 0 Å². The third kappa shape index (κ3) is 6.85. The van der Waals surface area contributed by atoms with Gasteiger partial charge in [-0.1, -0.05) is 0 Å². The van der Waals surface area contributed by atoms with Crippen molar-refractivity contribution in [2.45, 2.75) is 38.3 Å². The van der Waals surface area contributed by atoms with Crippen LogP contribution < -0.4 is 5.73 Å². The molecule has 102 valence electrons. The number of hydrogen-bond acceptors (Lipinski definition) is 4. The van der Waals surface area contributed by atoms with Gasteiger partial charge >= 0.3 is 0 Å². The Kier molecular flexibility index (Phi) is 6.43. The molecular formula is C10H21ClN2O3S. The third-order valence-electron chi connectivity index (χ3n) is 2.51. The molecule has 1 saturated carbocycles. The van der Waals surface area contributed by atoms with Gasteiger partial charge in [0.15, 0.2) is 0 Å². The number of carbonyl (C=O) groups is 1. The van der Waals surface area contributed by atoms with Crippen LogP contribution in [0.3, 0.4) is 0 Å². The maximum absolute atomic E-state index is 11.8. The lowest BCUT2D eigenvalue weighted by molar-refractivity contribution is -0.131. The van der Waals surface area contributed by atoms with Gasteiger partial charge in [0.25, 0.3) is 0 Å². The van der Waals surface area contributed by atoms with Crippen molar-refractivity contribution >= 4 is 28.2 Å². The summed E-state index contributed by atoms with van der Waals surface area (Å²) in [6, 6.07) is 0.0694. The van der Waals surface area contributed by atoms with Crippen LogP contribution >= 0.6 is 12.4 Å². The van der Waals surface area contributed by atoms with Gasteiger partial charge in [0.05, 0.1) is 5.75 Å². The van der Waals surface area contributed by atoms with E-state index in [-0.39, 0.29) is 36.2 Å². The van der Waals surface area contributed by atoms with E-state index >= 15 is 0 Å². The number of rotatable bonds is 6. The third-order valence-corrected chi connectivity index (χ3v) is 3.43. The highest BCUT2D eigenvalue weighted by molar-refractivity contribution is 7.90. The SMILES string of the molecule is CC(N)CC(=O)N(CCS(C)(=O)=O)C1CC1.Cl. The molecule has 0 aromatic carbocycles. The van der Waals surface area contributed by atoms with Crippen molar-refractivity contribution in [3.63, 3.8) is 0 Å². The Bertz CT molecular complexity index is 353. The highest BCUT2D eigenvalue weighted by Gasteiger charge is 2.32. The van der Waals surface area contributed by atoms with Gasteiger partial charge in [-0.15, -0.1) is 12.4 Å². The molecule has 1 aliphatic carbocycles. The molecule has 0 saturated heterocycles. The van der Waals surface area contributed by atoms with Crippen LogP contribution in [0.5, 0.6) is 0 Å². The van der Waals surface area contributed by atoms with Gasteiger partial charge in [-0.05, 0) is 19.8 Å². The Morgan fingerprint density at radius 2 is 2.00 bits per heavy atom. The van der Waals surface area contributed by atoms with Crippen LogP contribution in [0.1, 0.15) is 26.2 Å². The topological polar surface area (TPSA) is 80.5 Å². The van der Waals surface area contributed by atoms with E-state index in [2.05, 4.69) is 0 Å². The van der Waals surface area contributed by atoms with Crippen LogP contribution in [0.25, 0.3) is 0 Å². The fraction of sp³-hybridized carbons (Fsp3) is 0.900. The van der Waals surface area contributed by atoms with E-state index in [9.17, 15) is 13.2 Å². The molecule has 0 aliphatic heterocycles. The molecule has 17 heavy (non-hydrogen) atoms. The van der Waals surface area contributed by atoms with E-state index in [0.29, 0.717) is 13.0 Å². The molecule has 0 aromatic rings. The van der Waals surface area contributed by atoms with E-state index in [1.54, 1.807) is 11.8 Å². The minimum absolute atomic E-state index is 0. The summed E-state index contributed by atoms with van der Waals surface area (Å²) in [4.78, 5) is 13.5. The molecule has 1 aliphatic rings. The fourth-order valence-corrected chi connectivity index (χ4v) is 2.08. The molecule has 0 radical (unpaired) electrons.